The van der Waals surface area contributed by atoms with Crippen molar-refractivity contribution in [1.29, 1.82) is 0 Å². The second-order valence-electron chi connectivity index (χ2n) is 9.97. The Balaban J connectivity index is 2.06. The average Bonchev–Trinajstić information content (AvgIpc) is 2.95. The van der Waals surface area contributed by atoms with Crippen LogP contribution in [0, 0.1) is 13.8 Å². The smallest absolute Gasteiger partial charge is 0.264 e. The van der Waals surface area contributed by atoms with Crippen LogP contribution in [-0.2, 0) is 26.2 Å². The maximum absolute atomic E-state index is 14.1. The van der Waals surface area contributed by atoms with Crippen molar-refractivity contribution in [2.45, 2.75) is 58.0 Å². The molecule has 2 amide bonds. The monoisotopic (exact) mass is 599 g/mol. The van der Waals surface area contributed by atoms with Gasteiger partial charge in [0.15, 0.2) is 0 Å². The number of hydrogen-bond donors (Lipinski definition) is 1. The van der Waals surface area contributed by atoms with E-state index in [1.54, 1.807) is 31.2 Å². The van der Waals surface area contributed by atoms with Crippen LogP contribution >= 0.6 is 11.6 Å². The van der Waals surface area contributed by atoms with Gasteiger partial charge >= 0.3 is 0 Å². The molecule has 0 radical (unpaired) electrons. The van der Waals surface area contributed by atoms with Gasteiger partial charge in [0.2, 0.25) is 11.8 Å². The van der Waals surface area contributed by atoms with Gasteiger partial charge in [-0.1, -0.05) is 72.5 Å². The first-order valence-electron chi connectivity index (χ1n) is 13.5. The molecule has 41 heavy (non-hydrogen) atoms. The topological polar surface area (TPSA) is 96.0 Å². The van der Waals surface area contributed by atoms with E-state index in [4.69, 9.17) is 16.3 Å². The van der Waals surface area contributed by atoms with Gasteiger partial charge in [0, 0.05) is 18.1 Å². The number of hydrogen-bond acceptors (Lipinski definition) is 5. The van der Waals surface area contributed by atoms with E-state index in [2.05, 4.69) is 5.32 Å². The van der Waals surface area contributed by atoms with Crippen LogP contribution in [-0.4, -0.2) is 51.4 Å². The Labute approximate surface area is 248 Å². The summed E-state index contributed by atoms with van der Waals surface area (Å²) in [6.45, 7) is 7.51. The molecule has 0 bridgehead atoms. The van der Waals surface area contributed by atoms with Crippen LogP contribution in [0.15, 0.2) is 71.6 Å². The highest BCUT2D eigenvalue weighted by atomic mass is 35.5. The fourth-order valence-electron chi connectivity index (χ4n) is 4.22. The van der Waals surface area contributed by atoms with Crippen molar-refractivity contribution in [3.63, 3.8) is 0 Å². The summed E-state index contributed by atoms with van der Waals surface area (Å²) >= 11 is 6.28. The van der Waals surface area contributed by atoms with Crippen molar-refractivity contribution < 1.29 is 22.7 Å². The molecule has 0 aliphatic carbocycles. The maximum atomic E-state index is 14.1. The molecular weight excluding hydrogens is 562 g/mol. The molecule has 0 fully saturated rings. The number of amides is 2. The average molecular weight is 600 g/mol. The van der Waals surface area contributed by atoms with Gasteiger partial charge in [-0.25, -0.2) is 8.42 Å². The van der Waals surface area contributed by atoms with E-state index in [9.17, 15) is 18.0 Å². The molecule has 3 rings (SSSR count). The number of nitrogens with zero attached hydrogens (tertiary/aromatic N) is 2. The van der Waals surface area contributed by atoms with Crippen molar-refractivity contribution in [3.8, 4) is 5.75 Å². The van der Waals surface area contributed by atoms with Crippen molar-refractivity contribution >= 4 is 39.1 Å². The highest BCUT2D eigenvalue weighted by Crippen LogP contribution is 2.35. The number of carbonyl (C=O) groups is 2. The number of halogens is 1. The fraction of sp³-hybridized carbons (Fsp3) is 0.355. The molecular formula is C31H38ClN3O5S. The summed E-state index contributed by atoms with van der Waals surface area (Å²) < 4.78 is 34.5. The van der Waals surface area contributed by atoms with Crippen LogP contribution in [0.4, 0.5) is 5.69 Å². The predicted molar refractivity (Wildman–Crippen MR) is 163 cm³/mol. The first-order chi connectivity index (χ1) is 19.5. The summed E-state index contributed by atoms with van der Waals surface area (Å²) in [6.07, 6.45) is 1.72. The van der Waals surface area contributed by atoms with Gasteiger partial charge in [-0.15, -0.1) is 0 Å². The number of ether oxygens (including phenoxy) is 1. The molecule has 8 nitrogen and oxygen atoms in total. The molecule has 1 atom stereocenters. The van der Waals surface area contributed by atoms with E-state index in [1.165, 1.54) is 30.2 Å². The largest absolute Gasteiger partial charge is 0.495 e. The summed E-state index contributed by atoms with van der Waals surface area (Å²) in [4.78, 5) is 28.6. The number of sulfonamides is 1. The van der Waals surface area contributed by atoms with Crippen LogP contribution in [0.25, 0.3) is 0 Å². The molecule has 0 aliphatic rings. The normalized spacial score (nSPS) is 12.0. The number of methoxy groups -OCH3 is 1. The van der Waals surface area contributed by atoms with E-state index >= 15 is 0 Å². The number of aryl methyl sites for hydroxylation is 2. The SMILES string of the molecule is CCCCNC(=O)C(C)N(Cc1ccc(C)cc1)C(=O)CN(c1cc(Cl)ccc1OC)S(=O)(=O)c1ccc(C)cc1. The Morgan fingerprint density at radius 3 is 2.17 bits per heavy atom. The van der Waals surface area contributed by atoms with E-state index in [1.807, 2.05) is 45.0 Å². The van der Waals surface area contributed by atoms with E-state index in [0.29, 0.717) is 6.54 Å². The number of nitrogens with one attached hydrogen (secondary N) is 1. The van der Waals surface area contributed by atoms with Crippen molar-refractivity contribution in [2.24, 2.45) is 0 Å². The summed E-state index contributed by atoms with van der Waals surface area (Å²) in [5, 5.41) is 3.16. The van der Waals surface area contributed by atoms with Crippen molar-refractivity contribution in [2.75, 3.05) is 24.5 Å². The molecule has 3 aromatic carbocycles. The van der Waals surface area contributed by atoms with Gasteiger partial charge in [-0.2, -0.15) is 0 Å². The zero-order valence-electron chi connectivity index (χ0n) is 24.2. The van der Waals surface area contributed by atoms with Crippen LogP contribution in [0.3, 0.4) is 0 Å². The Bertz CT molecular complexity index is 1440. The summed E-state index contributed by atoms with van der Waals surface area (Å²) in [7, 11) is -2.83. The lowest BCUT2D eigenvalue weighted by Gasteiger charge is -2.32. The minimum absolute atomic E-state index is 0.00775. The molecule has 0 saturated carbocycles. The van der Waals surface area contributed by atoms with Gasteiger partial charge in [0.1, 0.15) is 18.3 Å². The second-order valence-corrected chi connectivity index (χ2v) is 12.3. The quantitative estimate of drug-likeness (QED) is 0.262. The standard InChI is InChI=1S/C31H38ClN3O5S/c1-6-7-18-33-31(37)24(4)34(20-25-12-8-22(2)9-13-25)30(36)21-35(28-19-26(32)14-17-29(28)40-5)41(38,39)27-15-10-23(3)11-16-27/h8-17,19,24H,6-7,18,20-21H2,1-5H3,(H,33,37). The van der Waals surface area contributed by atoms with Gasteiger partial charge in [0.05, 0.1) is 17.7 Å². The zero-order valence-corrected chi connectivity index (χ0v) is 25.8. The van der Waals surface area contributed by atoms with Crippen LogP contribution < -0.4 is 14.4 Å². The Kier molecular flexibility index (Phi) is 11.2. The lowest BCUT2D eigenvalue weighted by molar-refractivity contribution is -0.139. The Morgan fingerprint density at radius 1 is 0.976 bits per heavy atom. The molecule has 0 aliphatic heterocycles. The first-order valence-corrected chi connectivity index (χ1v) is 15.4. The van der Waals surface area contributed by atoms with Crippen molar-refractivity contribution in [1.82, 2.24) is 10.2 Å². The maximum Gasteiger partial charge on any atom is 0.264 e. The number of benzene rings is 3. The summed E-state index contributed by atoms with van der Waals surface area (Å²) in [6, 6.07) is 17.7. The lowest BCUT2D eigenvalue weighted by Crippen LogP contribution is -2.51. The summed E-state index contributed by atoms with van der Waals surface area (Å²) in [5.74, 6) is -0.637. The zero-order chi connectivity index (χ0) is 30.2. The Hall–Kier alpha value is -3.56. The van der Waals surface area contributed by atoms with Gasteiger partial charge in [-0.05, 0) is 63.1 Å². The minimum Gasteiger partial charge on any atom is -0.495 e. The number of rotatable bonds is 13. The molecule has 1 N–H and O–H groups in total. The molecule has 0 saturated heterocycles. The highest BCUT2D eigenvalue weighted by molar-refractivity contribution is 7.92. The molecule has 220 valence electrons. The van der Waals surface area contributed by atoms with E-state index in [-0.39, 0.29) is 33.8 Å². The second kappa shape index (κ2) is 14.4. The summed E-state index contributed by atoms with van der Waals surface area (Å²) in [5.41, 5.74) is 2.87. The molecule has 0 aromatic heterocycles. The Morgan fingerprint density at radius 2 is 1.59 bits per heavy atom. The van der Waals surface area contributed by atoms with Crippen LogP contribution in [0.1, 0.15) is 43.4 Å². The molecule has 10 heteroatoms. The van der Waals surface area contributed by atoms with Crippen molar-refractivity contribution in [3.05, 3.63) is 88.4 Å². The van der Waals surface area contributed by atoms with Gasteiger partial charge < -0.3 is 15.0 Å². The third-order valence-corrected chi connectivity index (χ3v) is 8.78. The molecule has 0 heterocycles. The number of carbonyl (C=O) groups excluding carboxylic acids is 2. The van der Waals surface area contributed by atoms with E-state index in [0.717, 1.165) is 33.8 Å². The third kappa shape index (κ3) is 8.24. The number of unbranched alkanes of at least 4 members (excludes halogenated alkanes) is 1. The van der Waals surface area contributed by atoms with Gasteiger partial charge in [0.25, 0.3) is 10.0 Å². The fourth-order valence-corrected chi connectivity index (χ4v) is 5.80. The predicted octanol–water partition coefficient (Wildman–Crippen LogP) is 5.49. The highest BCUT2D eigenvalue weighted by Gasteiger charge is 2.34. The first kappa shape index (κ1) is 32.0. The third-order valence-electron chi connectivity index (χ3n) is 6.77. The van der Waals surface area contributed by atoms with E-state index < -0.39 is 28.5 Å². The van der Waals surface area contributed by atoms with Crippen LogP contribution in [0.5, 0.6) is 5.75 Å². The lowest BCUT2D eigenvalue weighted by atomic mass is 10.1. The van der Waals surface area contributed by atoms with Crippen LogP contribution in [0.2, 0.25) is 5.02 Å². The molecule has 1 unspecified atom stereocenters. The van der Waals surface area contributed by atoms with Gasteiger partial charge in [-0.3, -0.25) is 13.9 Å². The number of anilines is 1. The minimum atomic E-state index is -4.24. The molecule has 0 spiro atoms. The molecule has 3 aromatic rings.